The van der Waals surface area contributed by atoms with Gasteiger partial charge in [0.25, 0.3) is 0 Å². The van der Waals surface area contributed by atoms with Gasteiger partial charge in [-0.1, -0.05) is 17.8 Å². The number of H-pyrrole nitrogens is 1. The second-order valence-electron chi connectivity index (χ2n) is 2.92. The fourth-order valence-corrected chi connectivity index (χ4v) is 2.25. The maximum Gasteiger partial charge on any atom is 0.208 e. The Morgan fingerprint density at radius 1 is 1.50 bits per heavy atom. The Labute approximate surface area is 101 Å². The summed E-state index contributed by atoms with van der Waals surface area (Å²) in [6, 6.07) is 4.05. The van der Waals surface area contributed by atoms with E-state index in [2.05, 4.69) is 15.2 Å². The minimum absolute atomic E-state index is 0.138. The van der Waals surface area contributed by atoms with Gasteiger partial charge in [-0.3, -0.25) is 5.10 Å². The molecule has 0 saturated carbocycles. The maximum atomic E-state index is 8.66. The molecule has 2 aromatic heterocycles. The van der Waals surface area contributed by atoms with Gasteiger partial charge in [0.1, 0.15) is 5.82 Å². The van der Waals surface area contributed by atoms with Crippen LogP contribution in [0.4, 0.5) is 0 Å². The van der Waals surface area contributed by atoms with Gasteiger partial charge in [-0.05, 0) is 23.6 Å². The van der Waals surface area contributed by atoms with Crippen LogP contribution in [0.3, 0.4) is 0 Å². The SMILES string of the molecule is OCCSc1n[nH]c(C=Cc2cccs2)n1. The number of thiophene rings is 1. The number of nitrogens with zero attached hydrogens (tertiary/aromatic N) is 2. The molecule has 84 valence electrons. The van der Waals surface area contributed by atoms with Gasteiger partial charge in [0, 0.05) is 10.6 Å². The molecule has 6 heteroatoms. The largest absolute Gasteiger partial charge is 0.396 e. The topological polar surface area (TPSA) is 61.8 Å². The van der Waals surface area contributed by atoms with Crippen molar-refractivity contribution < 1.29 is 5.11 Å². The van der Waals surface area contributed by atoms with Crippen molar-refractivity contribution in [3.8, 4) is 0 Å². The zero-order valence-electron chi connectivity index (χ0n) is 8.46. The van der Waals surface area contributed by atoms with E-state index < -0.39 is 0 Å². The number of aromatic amines is 1. The Hall–Kier alpha value is -1.11. The van der Waals surface area contributed by atoms with Gasteiger partial charge in [-0.2, -0.15) is 0 Å². The summed E-state index contributed by atoms with van der Waals surface area (Å²) in [7, 11) is 0. The van der Waals surface area contributed by atoms with Crippen molar-refractivity contribution in [2.24, 2.45) is 0 Å². The smallest absolute Gasteiger partial charge is 0.208 e. The Bertz CT molecular complexity index is 450. The van der Waals surface area contributed by atoms with E-state index in [-0.39, 0.29) is 6.61 Å². The Kier molecular flexibility index (Phi) is 4.15. The van der Waals surface area contributed by atoms with Gasteiger partial charge < -0.3 is 5.11 Å². The predicted molar refractivity (Wildman–Crippen MR) is 67.4 cm³/mol. The molecule has 0 saturated heterocycles. The fourth-order valence-electron chi connectivity index (χ4n) is 1.08. The van der Waals surface area contributed by atoms with Crippen LogP contribution in [0.25, 0.3) is 12.2 Å². The quantitative estimate of drug-likeness (QED) is 0.801. The van der Waals surface area contributed by atoms with Crippen LogP contribution in [0, 0.1) is 0 Å². The van der Waals surface area contributed by atoms with Crippen molar-refractivity contribution in [2.45, 2.75) is 5.16 Å². The molecule has 16 heavy (non-hydrogen) atoms. The van der Waals surface area contributed by atoms with Gasteiger partial charge in [0.15, 0.2) is 0 Å². The molecule has 0 atom stereocenters. The summed E-state index contributed by atoms with van der Waals surface area (Å²) in [6.45, 7) is 0.138. The summed E-state index contributed by atoms with van der Waals surface area (Å²) in [5.74, 6) is 1.35. The lowest BCUT2D eigenvalue weighted by atomic mass is 10.4. The lowest BCUT2D eigenvalue weighted by molar-refractivity contribution is 0.322. The number of aliphatic hydroxyl groups excluding tert-OH is 1. The monoisotopic (exact) mass is 253 g/mol. The number of rotatable bonds is 5. The molecule has 0 fully saturated rings. The average Bonchev–Trinajstić information content (AvgIpc) is 2.95. The molecule has 4 nitrogen and oxygen atoms in total. The summed E-state index contributed by atoms with van der Waals surface area (Å²) >= 11 is 3.11. The van der Waals surface area contributed by atoms with Crippen LogP contribution in [0.5, 0.6) is 0 Å². The first-order valence-electron chi connectivity index (χ1n) is 4.76. The molecule has 0 radical (unpaired) electrons. The van der Waals surface area contributed by atoms with Gasteiger partial charge in [-0.15, -0.1) is 16.4 Å². The van der Waals surface area contributed by atoms with Crippen LogP contribution in [0.15, 0.2) is 22.7 Å². The van der Waals surface area contributed by atoms with Crippen molar-refractivity contribution in [3.05, 3.63) is 28.2 Å². The van der Waals surface area contributed by atoms with E-state index in [1.807, 2.05) is 29.7 Å². The number of nitrogens with one attached hydrogen (secondary N) is 1. The molecule has 0 aromatic carbocycles. The summed E-state index contributed by atoms with van der Waals surface area (Å²) < 4.78 is 0. The highest BCUT2D eigenvalue weighted by atomic mass is 32.2. The van der Waals surface area contributed by atoms with E-state index in [4.69, 9.17) is 5.11 Å². The number of hydrogen-bond acceptors (Lipinski definition) is 5. The summed E-state index contributed by atoms with van der Waals surface area (Å²) in [4.78, 5) is 5.43. The molecule has 2 heterocycles. The van der Waals surface area contributed by atoms with Crippen molar-refractivity contribution in [1.82, 2.24) is 15.2 Å². The molecule has 0 aliphatic carbocycles. The molecule has 2 aromatic rings. The van der Waals surface area contributed by atoms with Crippen LogP contribution < -0.4 is 0 Å². The maximum absolute atomic E-state index is 8.66. The van der Waals surface area contributed by atoms with Crippen molar-refractivity contribution >= 4 is 35.3 Å². The minimum Gasteiger partial charge on any atom is -0.396 e. The summed E-state index contributed by atoms with van der Waals surface area (Å²) in [5, 5.41) is 18.2. The zero-order chi connectivity index (χ0) is 11.2. The van der Waals surface area contributed by atoms with Gasteiger partial charge in [-0.25, -0.2) is 4.98 Å². The van der Waals surface area contributed by atoms with E-state index in [1.165, 1.54) is 16.6 Å². The van der Waals surface area contributed by atoms with Crippen LogP contribution in [0.1, 0.15) is 10.7 Å². The Balaban J connectivity index is 1.97. The molecule has 0 amide bonds. The second-order valence-corrected chi connectivity index (χ2v) is 4.97. The third kappa shape index (κ3) is 3.19. The van der Waals surface area contributed by atoms with E-state index in [0.29, 0.717) is 10.9 Å². The first-order valence-corrected chi connectivity index (χ1v) is 6.62. The van der Waals surface area contributed by atoms with Crippen molar-refractivity contribution in [2.75, 3.05) is 12.4 Å². The van der Waals surface area contributed by atoms with E-state index >= 15 is 0 Å². The molecular weight excluding hydrogens is 242 g/mol. The van der Waals surface area contributed by atoms with E-state index in [0.717, 1.165) is 5.82 Å². The number of aromatic nitrogens is 3. The normalized spacial score (nSPS) is 11.3. The van der Waals surface area contributed by atoms with Gasteiger partial charge >= 0.3 is 0 Å². The summed E-state index contributed by atoms with van der Waals surface area (Å²) in [6.07, 6.45) is 3.88. The first-order chi connectivity index (χ1) is 7.88. The van der Waals surface area contributed by atoms with Crippen molar-refractivity contribution in [1.29, 1.82) is 0 Å². The highest BCUT2D eigenvalue weighted by Crippen LogP contribution is 2.14. The van der Waals surface area contributed by atoms with Crippen LogP contribution in [-0.4, -0.2) is 32.6 Å². The first kappa shape index (κ1) is 11.4. The lowest BCUT2D eigenvalue weighted by Crippen LogP contribution is -1.86. The average molecular weight is 253 g/mol. The third-order valence-corrected chi connectivity index (χ3v) is 3.42. The number of thioether (sulfide) groups is 1. The Morgan fingerprint density at radius 3 is 3.19 bits per heavy atom. The number of aliphatic hydroxyl groups is 1. The molecule has 2 N–H and O–H groups in total. The van der Waals surface area contributed by atoms with Crippen molar-refractivity contribution in [3.63, 3.8) is 0 Å². The number of hydrogen-bond donors (Lipinski definition) is 2. The highest BCUT2D eigenvalue weighted by molar-refractivity contribution is 7.99. The zero-order valence-corrected chi connectivity index (χ0v) is 10.1. The molecule has 0 spiro atoms. The Morgan fingerprint density at radius 2 is 2.44 bits per heavy atom. The van der Waals surface area contributed by atoms with E-state index in [1.54, 1.807) is 11.3 Å². The van der Waals surface area contributed by atoms with E-state index in [9.17, 15) is 0 Å². The predicted octanol–water partition coefficient (Wildman–Crippen LogP) is 2.12. The highest BCUT2D eigenvalue weighted by Gasteiger charge is 2.00. The molecule has 0 bridgehead atoms. The molecular formula is C10H11N3OS2. The molecule has 0 unspecified atom stereocenters. The van der Waals surface area contributed by atoms with Gasteiger partial charge in [0.2, 0.25) is 5.16 Å². The minimum atomic E-state index is 0.138. The van der Waals surface area contributed by atoms with Crippen LogP contribution in [0.2, 0.25) is 0 Å². The second kappa shape index (κ2) is 5.83. The van der Waals surface area contributed by atoms with Crippen LogP contribution >= 0.6 is 23.1 Å². The standard InChI is InChI=1S/C10H11N3OS2/c14-5-7-16-10-11-9(12-13-10)4-3-8-2-1-6-15-8/h1-4,6,14H,5,7H2,(H,11,12,13). The third-order valence-electron chi connectivity index (χ3n) is 1.75. The molecule has 0 aliphatic heterocycles. The summed E-state index contributed by atoms with van der Waals surface area (Å²) in [5.41, 5.74) is 0. The van der Waals surface area contributed by atoms with Gasteiger partial charge in [0.05, 0.1) is 6.61 Å². The van der Waals surface area contributed by atoms with Crippen LogP contribution in [-0.2, 0) is 0 Å². The fraction of sp³-hybridized carbons (Fsp3) is 0.200. The lowest BCUT2D eigenvalue weighted by Gasteiger charge is -1.88. The molecule has 2 rings (SSSR count). The molecule has 0 aliphatic rings.